The molecule has 1 amide bonds. The zero-order valence-electron chi connectivity index (χ0n) is 14.9. The molecule has 0 radical (unpaired) electrons. The summed E-state index contributed by atoms with van der Waals surface area (Å²) in [4.78, 5) is 11.9. The minimum Gasteiger partial charge on any atom is -0.493 e. The van der Waals surface area contributed by atoms with Gasteiger partial charge in [-0.2, -0.15) is 5.10 Å². The van der Waals surface area contributed by atoms with Crippen molar-refractivity contribution in [3.8, 4) is 23.0 Å². The molecule has 0 aromatic heterocycles. The van der Waals surface area contributed by atoms with Crippen LogP contribution >= 0.6 is 23.2 Å². The number of halogens is 2. The molecule has 2 rings (SSSR count). The Bertz CT molecular complexity index is 843. The molecule has 0 atom stereocenters. The molecule has 0 unspecified atom stereocenters. The minimum atomic E-state index is -0.471. The number of nitrogens with one attached hydrogen (secondary N) is 1. The van der Waals surface area contributed by atoms with Gasteiger partial charge < -0.3 is 18.9 Å². The van der Waals surface area contributed by atoms with Crippen LogP contribution in [0.15, 0.2) is 35.4 Å². The highest BCUT2D eigenvalue weighted by Gasteiger charge is 2.14. The molecular weight excluding hydrogens is 395 g/mol. The van der Waals surface area contributed by atoms with E-state index < -0.39 is 5.91 Å². The quantitative estimate of drug-likeness (QED) is 0.529. The van der Waals surface area contributed by atoms with Crippen molar-refractivity contribution < 1.29 is 23.7 Å². The molecular formula is C18H18Cl2N2O5. The van der Waals surface area contributed by atoms with Gasteiger partial charge in [0.15, 0.2) is 18.1 Å². The first-order valence-electron chi connectivity index (χ1n) is 7.69. The highest BCUT2D eigenvalue weighted by atomic mass is 35.5. The van der Waals surface area contributed by atoms with Gasteiger partial charge >= 0.3 is 0 Å². The lowest BCUT2D eigenvalue weighted by Gasteiger charge is -2.13. The van der Waals surface area contributed by atoms with Gasteiger partial charge in [0.1, 0.15) is 10.8 Å². The van der Waals surface area contributed by atoms with Crippen LogP contribution in [0.1, 0.15) is 5.56 Å². The van der Waals surface area contributed by atoms with Crippen LogP contribution in [-0.2, 0) is 4.79 Å². The number of amides is 1. The summed E-state index contributed by atoms with van der Waals surface area (Å²) in [5.41, 5.74) is 2.95. The van der Waals surface area contributed by atoms with Crippen molar-refractivity contribution in [2.24, 2.45) is 5.10 Å². The number of rotatable bonds is 8. The van der Waals surface area contributed by atoms with Crippen LogP contribution in [0.4, 0.5) is 0 Å². The Hall–Kier alpha value is -2.64. The maximum atomic E-state index is 11.9. The van der Waals surface area contributed by atoms with Crippen LogP contribution in [0.2, 0.25) is 10.0 Å². The summed E-state index contributed by atoms with van der Waals surface area (Å²) < 4.78 is 21.2. The monoisotopic (exact) mass is 412 g/mol. The number of nitrogens with zero attached hydrogens (tertiary/aromatic N) is 1. The lowest BCUT2D eigenvalue weighted by molar-refractivity contribution is -0.123. The molecule has 0 saturated carbocycles. The second kappa shape index (κ2) is 9.89. The van der Waals surface area contributed by atoms with Gasteiger partial charge in [0, 0.05) is 5.56 Å². The molecule has 0 aliphatic heterocycles. The summed E-state index contributed by atoms with van der Waals surface area (Å²) >= 11 is 11.9. The normalized spacial score (nSPS) is 10.6. The minimum absolute atomic E-state index is 0.241. The molecule has 2 aromatic rings. The Balaban J connectivity index is 2.00. The zero-order chi connectivity index (χ0) is 19.8. The smallest absolute Gasteiger partial charge is 0.277 e. The van der Waals surface area contributed by atoms with Crippen LogP contribution in [0, 0.1) is 0 Å². The number of hydrogen-bond donors (Lipinski definition) is 1. The van der Waals surface area contributed by atoms with Crippen molar-refractivity contribution in [2.45, 2.75) is 0 Å². The van der Waals surface area contributed by atoms with E-state index in [1.54, 1.807) is 30.3 Å². The highest BCUT2D eigenvalue weighted by molar-refractivity contribution is 6.42. The van der Waals surface area contributed by atoms with Gasteiger partial charge in [-0.15, -0.1) is 0 Å². The molecule has 0 aliphatic carbocycles. The average Bonchev–Trinajstić information content (AvgIpc) is 2.68. The van der Waals surface area contributed by atoms with Crippen LogP contribution in [0.3, 0.4) is 0 Å². The van der Waals surface area contributed by atoms with Gasteiger partial charge in [-0.25, -0.2) is 5.43 Å². The van der Waals surface area contributed by atoms with Gasteiger partial charge in [0.25, 0.3) is 5.91 Å². The summed E-state index contributed by atoms with van der Waals surface area (Å²) in [5, 5.41) is 4.48. The van der Waals surface area contributed by atoms with E-state index in [0.717, 1.165) is 0 Å². The SMILES string of the molecule is COc1ccc(/C=N\NC(=O)COc2cccc(Cl)c2Cl)c(OC)c1OC. The second-order valence-electron chi connectivity index (χ2n) is 5.06. The molecule has 0 spiro atoms. The topological polar surface area (TPSA) is 78.4 Å². The van der Waals surface area contributed by atoms with E-state index in [9.17, 15) is 4.79 Å². The third-order valence-corrected chi connectivity index (χ3v) is 4.20. The van der Waals surface area contributed by atoms with Crippen molar-refractivity contribution >= 4 is 35.3 Å². The predicted octanol–water partition coefficient (Wildman–Crippen LogP) is 3.55. The first-order valence-corrected chi connectivity index (χ1v) is 8.45. The number of carbonyl (C=O) groups is 1. The van der Waals surface area contributed by atoms with Gasteiger partial charge in [-0.3, -0.25) is 4.79 Å². The molecule has 0 heterocycles. The number of hydrogen-bond acceptors (Lipinski definition) is 6. The van der Waals surface area contributed by atoms with Crippen molar-refractivity contribution in [1.29, 1.82) is 0 Å². The number of hydrazone groups is 1. The van der Waals surface area contributed by atoms with E-state index >= 15 is 0 Å². The standard InChI is InChI=1S/C18H18Cl2N2O5/c1-24-14-8-7-11(17(25-2)18(14)26-3)9-21-22-15(23)10-27-13-6-4-5-12(19)16(13)20/h4-9H,10H2,1-3H3,(H,22,23)/b21-9-. The molecule has 144 valence electrons. The molecule has 1 N–H and O–H groups in total. The maximum Gasteiger partial charge on any atom is 0.277 e. The van der Waals surface area contributed by atoms with Crippen LogP contribution < -0.4 is 24.4 Å². The van der Waals surface area contributed by atoms with Crippen molar-refractivity contribution in [1.82, 2.24) is 5.43 Å². The number of benzene rings is 2. The molecule has 2 aromatic carbocycles. The van der Waals surface area contributed by atoms with E-state index in [-0.39, 0.29) is 11.6 Å². The molecule has 0 fully saturated rings. The third-order valence-electron chi connectivity index (χ3n) is 3.40. The van der Waals surface area contributed by atoms with Gasteiger partial charge in [0.05, 0.1) is 32.6 Å². The molecule has 0 bridgehead atoms. The Morgan fingerprint density at radius 3 is 2.44 bits per heavy atom. The number of ether oxygens (including phenoxy) is 4. The molecule has 27 heavy (non-hydrogen) atoms. The van der Waals surface area contributed by atoms with E-state index in [2.05, 4.69) is 10.5 Å². The van der Waals surface area contributed by atoms with Gasteiger partial charge in [0.2, 0.25) is 5.75 Å². The third kappa shape index (κ3) is 5.18. The lowest BCUT2D eigenvalue weighted by atomic mass is 10.2. The van der Waals surface area contributed by atoms with E-state index in [4.69, 9.17) is 42.1 Å². The van der Waals surface area contributed by atoms with Crippen LogP contribution in [0.25, 0.3) is 0 Å². The van der Waals surface area contributed by atoms with Crippen molar-refractivity contribution in [3.63, 3.8) is 0 Å². The van der Waals surface area contributed by atoms with Crippen LogP contribution in [0.5, 0.6) is 23.0 Å². The van der Waals surface area contributed by atoms with E-state index in [1.807, 2.05) is 0 Å². The fourth-order valence-electron chi connectivity index (χ4n) is 2.17. The summed E-state index contributed by atoms with van der Waals surface area (Å²) in [5.74, 6) is 1.21. The molecule has 9 heteroatoms. The van der Waals surface area contributed by atoms with E-state index in [0.29, 0.717) is 33.6 Å². The fraction of sp³-hybridized carbons (Fsp3) is 0.222. The summed E-state index contributed by atoms with van der Waals surface area (Å²) in [6, 6.07) is 8.33. The Morgan fingerprint density at radius 2 is 1.78 bits per heavy atom. The summed E-state index contributed by atoms with van der Waals surface area (Å²) in [6.45, 7) is -0.277. The second-order valence-corrected chi connectivity index (χ2v) is 5.84. The van der Waals surface area contributed by atoms with Gasteiger partial charge in [-0.1, -0.05) is 29.3 Å². The summed E-state index contributed by atoms with van der Waals surface area (Å²) in [7, 11) is 4.52. The molecule has 0 aliphatic rings. The lowest BCUT2D eigenvalue weighted by Crippen LogP contribution is -2.24. The number of carbonyl (C=O) groups excluding carboxylic acids is 1. The molecule has 0 saturated heterocycles. The van der Waals surface area contributed by atoms with Crippen molar-refractivity contribution in [2.75, 3.05) is 27.9 Å². The van der Waals surface area contributed by atoms with Crippen LogP contribution in [-0.4, -0.2) is 40.1 Å². The Labute approximate surface area is 166 Å². The first-order chi connectivity index (χ1) is 13.0. The van der Waals surface area contributed by atoms with E-state index in [1.165, 1.54) is 27.5 Å². The molecule has 7 nitrogen and oxygen atoms in total. The average molecular weight is 413 g/mol. The van der Waals surface area contributed by atoms with Crippen molar-refractivity contribution in [3.05, 3.63) is 45.9 Å². The largest absolute Gasteiger partial charge is 0.493 e. The highest BCUT2D eigenvalue weighted by Crippen LogP contribution is 2.39. The first kappa shape index (κ1) is 20.7. The Kier molecular flexibility index (Phi) is 7.57. The maximum absolute atomic E-state index is 11.9. The fourth-order valence-corrected chi connectivity index (χ4v) is 2.52. The Morgan fingerprint density at radius 1 is 1.04 bits per heavy atom. The summed E-state index contributed by atoms with van der Waals surface area (Å²) in [6.07, 6.45) is 1.42. The van der Waals surface area contributed by atoms with Gasteiger partial charge in [-0.05, 0) is 24.3 Å². The predicted molar refractivity (Wildman–Crippen MR) is 104 cm³/mol. The zero-order valence-corrected chi connectivity index (χ0v) is 16.4. The number of methoxy groups -OCH3 is 3.